The summed E-state index contributed by atoms with van der Waals surface area (Å²) in [5, 5.41) is 10.4. The molecule has 45 heavy (non-hydrogen) atoms. The van der Waals surface area contributed by atoms with E-state index in [0.29, 0.717) is 17.8 Å². The van der Waals surface area contributed by atoms with Gasteiger partial charge in [0.1, 0.15) is 30.9 Å². The van der Waals surface area contributed by atoms with Crippen LogP contribution in [-0.2, 0) is 28.6 Å². The lowest BCUT2D eigenvalue weighted by molar-refractivity contribution is -0.155. The van der Waals surface area contributed by atoms with Crippen molar-refractivity contribution in [1.82, 2.24) is 9.55 Å². The molecule has 0 saturated carbocycles. The summed E-state index contributed by atoms with van der Waals surface area (Å²) >= 11 is 0. The van der Waals surface area contributed by atoms with E-state index in [0.717, 1.165) is 10.1 Å². The highest BCUT2D eigenvalue weighted by atomic mass is 16.6. The molecule has 13 heteroatoms. The lowest BCUT2D eigenvalue weighted by Crippen LogP contribution is -2.44. The SMILES string of the molecule is CC(=O)OC[C@H]1O[C@@H](n2cc(C3C(C#N)=C(N)N(c4ccc(C)cc4)C4=C3C(=O)CC(C)(C)C4)c(=O)[nH]c2=O)CC1OC(C)=O. The number of carbonyl (C=O) groups is 3. The first-order valence-electron chi connectivity index (χ1n) is 14.5. The molecule has 1 aliphatic carbocycles. The summed E-state index contributed by atoms with van der Waals surface area (Å²) in [6.45, 7) is 8.08. The zero-order valence-electron chi connectivity index (χ0n) is 25.7. The minimum absolute atomic E-state index is 0.00687. The molecule has 3 aliphatic rings. The largest absolute Gasteiger partial charge is 0.463 e. The lowest BCUT2D eigenvalue weighted by atomic mass is 9.69. The molecule has 2 unspecified atom stereocenters. The van der Waals surface area contributed by atoms with Gasteiger partial charge >= 0.3 is 17.6 Å². The van der Waals surface area contributed by atoms with Crippen LogP contribution >= 0.6 is 0 Å². The van der Waals surface area contributed by atoms with Gasteiger partial charge in [-0.3, -0.25) is 33.6 Å². The molecule has 236 valence electrons. The number of nitrogens with zero attached hydrogens (tertiary/aromatic N) is 3. The third kappa shape index (κ3) is 6.06. The number of aromatic amines is 1. The number of benzene rings is 1. The van der Waals surface area contributed by atoms with E-state index in [9.17, 15) is 29.2 Å². The fourth-order valence-corrected chi connectivity index (χ4v) is 6.29. The maximum Gasteiger partial charge on any atom is 0.330 e. The maximum absolute atomic E-state index is 13.9. The van der Waals surface area contributed by atoms with Crippen LogP contribution in [0.15, 0.2) is 62.7 Å². The van der Waals surface area contributed by atoms with Crippen molar-refractivity contribution in [2.75, 3.05) is 11.5 Å². The molecule has 0 spiro atoms. The minimum Gasteiger partial charge on any atom is -0.463 e. The third-order valence-corrected chi connectivity index (χ3v) is 8.24. The topological polar surface area (TPSA) is 187 Å². The van der Waals surface area contributed by atoms with Gasteiger partial charge in [-0.15, -0.1) is 0 Å². The van der Waals surface area contributed by atoms with Crippen LogP contribution in [0.2, 0.25) is 0 Å². The number of aromatic nitrogens is 2. The number of nitrogens with two attached hydrogens (primary N) is 1. The Kier molecular flexibility index (Phi) is 8.29. The van der Waals surface area contributed by atoms with E-state index >= 15 is 0 Å². The number of esters is 2. The number of aryl methyl sites for hydroxylation is 1. The molecule has 13 nitrogen and oxygen atoms in total. The standard InChI is InChI=1S/C32H35N5O8/c1-16-6-8-19(9-7-16)37-22-11-32(4,5)12-23(40)28(22)27(20(13-33)29(37)34)21-14-36(31(42)35-30(21)41)26-10-24(44-18(3)39)25(45-26)15-43-17(2)38/h6-9,14,24-27H,10-12,15,34H2,1-5H3,(H,35,41,42)/t24?,25-,26-,27?/m1/s1. The van der Waals surface area contributed by atoms with Crippen molar-refractivity contribution in [3.05, 3.63) is 85.1 Å². The number of ketones is 1. The number of hydrogen-bond donors (Lipinski definition) is 2. The van der Waals surface area contributed by atoms with Crippen molar-refractivity contribution in [3.8, 4) is 6.07 Å². The number of nitriles is 1. The minimum atomic E-state index is -1.16. The monoisotopic (exact) mass is 617 g/mol. The van der Waals surface area contributed by atoms with Gasteiger partial charge in [-0.1, -0.05) is 31.5 Å². The van der Waals surface area contributed by atoms with Crippen molar-refractivity contribution >= 4 is 23.4 Å². The molecule has 2 aromatic rings. The number of Topliss-reactive ketones (excluding diaryl/α,β-unsaturated/α-hetero) is 1. The molecule has 3 N–H and O–H groups in total. The Hall–Kier alpha value is -4.96. The molecule has 4 atom stereocenters. The van der Waals surface area contributed by atoms with Crippen LogP contribution < -0.4 is 21.9 Å². The van der Waals surface area contributed by atoms with E-state index in [4.69, 9.17) is 19.9 Å². The molecule has 1 aromatic heterocycles. The van der Waals surface area contributed by atoms with Gasteiger partial charge in [0, 0.05) is 55.4 Å². The molecule has 0 radical (unpaired) electrons. The van der Waals surface area contributed by atoms with Crippen LogP contribution in [0.25, 0.3) is 0 Å². The van der Waals surface area contributed by atoms with Crippen LogP contribution in [0.3, 0.4) is 0 Å². The van der Waals surface area contributed by atoms with Gasteiger partial charge in [0.2, 0.25) is 0 Å². The average Bonchev–Trinajstić information content (AvgIpc) is 3.33. The van der Waals surface area contributed by atoms with Crippen molar-refractivity contribution < 1.29 is 28.6 Å². The molecule has 1 fully saturated rings. The summed E-state index contributed by atoms with van der Waals surface area (Å²) in [5.74, 6) is -2.49. The summed E-state index contributed by atoms with van der Waals surface area (Å²) < 4.78 is 17.5. The van der Waals surface area contributed by atoms with Gasteiger partial charge in [-0.25, -0.2) is 4.79 Å². The van der Waals surface area contributed by atoms with Gasteiger partial charge in [-0.2, -0.15) is 5.26 Å². The van der Waals surface area contributed by atoms with Crippen LogP contribution in [0, 0.1) is 23.7 Å². The summed E-state index contributed by atoms with van der Waals surface area (Å²) in [5.41, 5.74) is 7.10. The second-order valence-electron chi connectivity index (χ2n) is 12.4. The fourth-order valence-electron chi connectivity index (χ4n) is 6.29. The van der Waals surface area contributed by atoms with Crippen LogP contribution in [0.1, 0.15) is 70.2 Å². The van der Waals surface area contributed by atoms with Crippen LogP contribution in [0.5, 0.6) is 0 Å². The van der Waals surface area contributed by atoms with E-state index in [1.165, 1.54) is 20.0 Å². The number of anilines is 1. The average molecular weight is 618 g/mol. The molecule has 3 heterocycles. The zero-order valence-corrected chi connectivity index (χ0v) is 25.7. The maximum atomic E-state index is 13.9. The molecule has 0 bridgehead atoms. The fraction of sp³-hybridized carbons (Fsp3) is 0.438. The van der Waals surface area contributed by atoms with Crippen molar-refractivity contribution in [1.29, 1.82) is 5.26 Å². The van der Waals surface area contributed by atoms with E-state index < -0.39 is 53.0 Å². The third-order valence-electron chi connectivity index (χ3n) is 8.24. The quantitative estimate of drug-likeness (QED) is 0.454. The highest BCUT2D eigenvalue weighted by molar-refractivity contribution is 6.01. The van der Waals surface area contributed by atoms with Gasteiger partial charge in [0.15, 0.2) is 5.78 Å². The molecular weight excluding hydrogens is 582 g/mol. The number of H-pyrrole nitrogens is 1. The Bertz CT molecular complexity index is 1790. The second-order valence-corrected chi connectivity index (χ2v) is 12.4. The number of ether oxygens (including phenoxy) is 3. The number of nitrogens with one attached hydrogen (secondary N) is 1. The van der Waals surface area contributed by atoms with Crippen molar-refractivity contribution in [2.24, 2.45) is 11.1 Å². The molecule has 2 aliphatic heterocycles. The summed E-state index contributed by atoms with van der Waals surface area (Å²) in [6, 6.07) is 9.63. The first kappa shape index (κ1) is 31.5. The molecule has 1 aromatic carbocycles. The van der Waals surface area contributed by atoms with E-state index in [1.54, 1.807) is 4.90 Å². The van der Waals surface area contributed by atoms with Gasteiger partial charge in [-0.05, 0) is 30.9 Å². The van der Waals surface area contributed by atoms with E-state index in [-0.39, 0.29) is 47.8 Å². The Morgan fingerprint density at radius 3 is 2.44 bits per heavy atom. The number of rotatable bonds is 6. The predicted molar refractivity (Wildman–Crippen MR) is 160 cm³/mol. The summed E-state index contributed by atoms with van der Waals surface area (Å²) in [6.07, 6.45) is -0.895. The molecule has 1 saturated heterocycles. The second kappa shape index (κ2) is 11.9. The lowest BCUT2D eigenvalue weighted by Gasteiger charge is -2.43. The van der Waals surface area contributed by atoms with Gasteiger partial charge in [0.25, 0.3) is 5.56 Å². The van der Waals surface area contributed by atoms with Gasteiger partial charge in [0.05, 0.1) is 17.6 Å². The Balaban J connectivity index is 1.65. The molecule has 0 amide bonds. The summed E-state index contributed by atoms with van der Waals surface area (Å²) in [7, 11) is 0. The highest BCUT2D eigenvalue weighted by Crippen LogP contribution is 2.49. The Labute approximate surface area is 258 Å². The van der Waals surface area contributed by atoms with Crippen LogP contribution in [-0.4, -0.2) is 46.1 Å². The summed E-state index contributed by atoms with van der Waals surface area (Å²) in [4.78, 5) is 67.7. The number of carbonyl (C=O) groups excluding carboxylic acids is 3. The predicted octanol–water partition coefficient (Wildman–Crippen LogP) is 2.57. The number of hydrogen-bond acceptors (Lipinski definition) is 11. The van der Waals surface area contributed by atoms with Crippen molar-refractivity contribution in [3.63, 3.8) is 0 Å². The smallest absolute Gasteiger partial charge is 0.330 e. The molecular formula is C32H35N5O8. The Morgan fingerprint density at radius 1 is 1.13 bits per heavy atom. The first-order valence-corrected chi connectivity index (χ1v) is 14.5. The first-order chi connectivity index (χ1) is 21.2. The molecule has 5 rings (SSSR count). The van der Waals surface area contributed by atoms with Gasteiger partial charge < -0.3 is 19.9 Å². The van der Waals surface area contributed by atoms with Crippen LogP contribution in [0.4, 0.5) is 5.69 Å². The van der Waals surface area contributed by atoms with E-state index in [1.807, 2.05) is 45.0 Å². The highest BCUT2D eigenvalue weighted by Gasteiger charge is 2.46. The number of allylic oxidation sites excluding steroid dienone is 3. The Morgan fingerprint density at radius 2 is 1.82 bits per heavy atom. The van der Waals surface area contributed by atoms with Crippen molar-refractivity contribution in [2.45, 2.75) is 78.2 Å². The normalized spacial score (nSPS) is 24.3. The zero-order chi connectivity index (χ0) is 32.8. The van der Waals surface area contributed by atoms with E-state index in [2.05, 4.69) is 11.1 Å².